The van der Waals surface area contributed by atoms with Crippen LogP contribution in [0.2, 0.25) is 0 Å². The Balaban J connectivity index is 1.99. The average Bonchev–Trinajstić information content (AvgIpc) is 2.85. The number of hydrogen-bond donors (Lipinski definition) is 2. The predicted octanol–water partition coefficient (Wildman–Crippen LogP) is 2.75. The van der Waals surface area contributed by atoms with Gasteiger partial charge in [0.25, 0.3) is 0 Å². The maximum atomic E-state index is 5.92. The number of para-hydroxylation sites is 1. The number of guanidine groups is 1. The molecule has 2 N–H and O–H groups in total. The molecule has 0 spiro atoms. The van der Waals surface area contributed by atoms with Gasteiger partial charge in [0.05, 0.1) is 0 Å². The summed E-state index contributed by atoms with van der Waals surface area (Å²) >= 11 is 0. The molecule has 2 rings (SSSR count). The minimum atomic E-state index is 0.545. The fourth-order valence-electron chi connectivity index (χ4n) is 2.47. The maximum Gasteiger partial charge on any atom is 0.191 e. The zero-order valence-corrected chi connectivity index (χ0v) is 14.6. The number of hydrogen-bond acceptors (Lipinski definition) is 3. The second-order valence-corrected chi connectivity index (χ2v) is 5.93. The normalized spacial score (nSPS) is 12.1. The van der Waals surface area contributed by atoms with Gasteiger partial charge in [0.15, 0.2) is 5.96 Å². The number of rotatable bonds is 7. The Morgan fingerprint density at radius 3 is 2.70 bits per heavy atom. The zero-order valence-electron chi connectivity index (χ0n) is 14.6. The third-order valence-corrected chi connectivity index (χ3v) is 3.74. The van der Waals surface area contributed by atoms with E-state index in [0.29, 0.717) is 6.54 Å². The van der Waals surface area contributed by atoms with Gasteiger partial charge in [-0.2, -0.15) is 0 Å². The van der Waals surface area contributed by atoms with Crippen molar-refractivity contribution in [2.45, 2.75) is 26.8 Å². The standard InChI is InChI=1S/C18H28N4O/c1-5-19-18(20-11-8-12-22(3)4)21-13-17-14(2)15-9-6-7-10-16(15)23-17/h6-7,9-10H,5,8,11-13H2,1-4H3,(H2,19,20,21). The first kappa shape index (κ1) is 17.3. The summed E-state index contributed by atoms with van der Waals surface area (Å²) in [6.45, 7) is 7.53. The largest absolute Gasteiger partial charge is 0.459 e. The molecule has 1 heterocycles. The number of nitrogens with zero attached hydrogens (tertiary/aromatic N) is 2. The molecule has 0 saturated carbocycles. The quantitative estimate of drug-likeness (QED) is 0.468. The van der Waals surface area contributed by atoms with Crippen LogP contribution in [-0.2, 0) is 6.54 Å². The molecule has 1 aromatic carbocycles. The van der Waals surface area contributed by atoms with Gasteiger partial charge < -0.3 is 20.0 Å². The molecule has 1 aromatic heterocycles. The summed E-state index contributed by atoms with van der Waals surface area (Å²) in [4.78, 5) is 6.83. The first-order chi connectivity index (χ1) is 11.1. The second kappa shape index (κ2) is 8.58. The van der Waals surface area contributed by atoms with Crippen LogP contribution in [0.1, 0.15) is 24.7 Å². The molecule has 0 radical (unpaired) electrons. The molecule has 0 aliphatic rings. The molecule has 23 heavy (non-hydrogen) atoms. The monoisotopic (exact) mass is 316 g/mol. The van der Waals surface area contributed by atoms with Gasteiger partial charge in [-0.1, -0.05) is 18.2 Å². The molecule has 2 aromatic rings. The van der Waals surface area contributed by atoms with Crippen LogP contribution in [0, 0.1) is 6.92 Å². The lowest BCUT2D eigenvalue weighted by atomic mass is 10.1. The van der Waals surface area contributed by atoms with Gasteiger partial charge in [-0.25, -0.2) is 4.99 Å². The van der Waals surface area contributed by atoms with Gasteiger partial charge in [-0.05, 0) is 47.0 Å². The Hall–Kier alpha value is -2.01. The molecule has 0 unspecified atom stereocenters. The molecule has 5 nitrogen and oxygen atoms in total. The van der Waals surface area contributed by atoms with Crippen molar-refractivity contribution in [2.24, 2.45) is 4.99 Å². The minimum absolute atomic E-state index is 0.545. The van der Waals surface area contributed by atoms with Crippen LogP contribution in [0.3, 0.4) is 0 Å². The summed E-state index contributed by atoms with van der Waals surface area (Å²) in [7, 11) is 4.17. The smallest absolute Gasteiger partial charge is 0.191 e. The number of furan rings is 1. The molecule has 0 aliphatic heterocycles. The maximum absolute atomic E-state index is 5.92. The van der Waals surface area contributed by atoms with Crippen LogP contribution >= 0.6 is 0 Å². The number of nitrogens with one attached hydrogen (secondary N) is 2. The van der Waals surface area contributed by atoms with Gasteiger partial charge in [0.2, 0.25) is 0 Å². The molecule has 0 atom stereocenters. The zero-order chi connectivity index (χ0) is 16.7. The number of fused-ring (bicyclic) bond motifs is 1. The lowest BCUT2D eigenvalue weighted by Gasteiger charge is -2.13. The predicted molar refractivity (Wildman–Crippen MR) is 96.9 cm³/mol. The highest BCUT2D eigenvalue weighted by Crippen LogP contribution is 2.25. The van der Waals surface area contributed by atoms with Gasteiger partial charge in [0.1, 0.15) is 17.9 Å². The molecular formula is C18H28N4O. The summed E-state index contributed by atoms with van der Waals surface area (Å²) in [5.74, 6) is 1.77. The van der Waals surface area contributed by atoms with E-state index >= 15 is 0 Å². The van der Waals surface area contributed by atoms with E-state index in [0.717, 1.165) is 43.4 Å². The Kier molecular flexibility index (Phi) is 6.47. The fraction of sp³-hybridized carbons (Fsp3) is 0.500. The highest BCUT2D eigenvalue weighted by Gasteiger charge is 2.09. The van der Waals surface area contributed by atoms with E-state index in [1.807, 2.05) is 18.2 Å². The fourth-order valence-corrected chi connectivity index (χ4v) is 2.47. The van der Waals surface area contributed by atoms with E-state index < -0.39 is 0 Å². The number of benzene rings is 1. The van der Waals surface area contributed by atoms with E-state index in [1.54, 1.807) is 0 Å². The second-order valence-electron chi connectivity index (χ2n) is 5.93. The van der Waals surface area contributed by atoms with Gasteiger partial charge in [-0.3, -0.25) is 0 Å². The van der Waals surface area contributed by atoms with Crippen molar-refractivity contribution in [3.63, 3.8) is 0 Å². The molecule has 0 fully saturated rings. The SMILES string of the molecule is CCNC(=NCc1oc2ccccc2c1C)NCCCN(C)C. The van der Waals surface area contributed by atoms with Gasteiger partial charge >= 0.3 is 0 Å². The Labute approximate surface area is 138 Å². The Morgan fingerprint density at radius 1 is 1.22 bits per heavy atom. The number of aryl methyl sites for hydroxylation is 1. The molecule has 0 bridgehead atoms. The van der Waals surface area contributed by atoms with E-state index in [9.17, 15) is 0 Å². The van der Waals surface area contributed by atoms with E-state index in [-0.39, 0.29) is 0 Å². The summed E-state index contributed by atoms with van der Waals surface area (Å²) < 4.78 is 5.92. The Bertz CT molecular complexity index is 646. The van der Waals surface area contributed by atoms with Crippen LogP contribution < -0.4 is 10.6 Å². The van der Waals surface area contributed by atoms with Crippen molar-refractivity contribution in [1.82, 2.24) is 15.5 Å². The highest BCUT2D eigenvalue weighted by atomic mass is 16.3. The first-order valence-corrected chi connectivity index (χ1v) is 8.25. The van der Waals surface area contributed by atoms with Crippen LogP contribution in [0.25, 0.3) is 11.0 Å². The number of aliphatic imine (C=N–C) groups is 1. The van der Waals surface area contributed by atoms with Crippen molar-refractivity contribution >= 4 is 16.9 Å². The third-order valence-electron chi connectivity index (χ3n) is 3.74. The summed E-state index contributed by atoms with van der Waals surface area (Å²) in [5.41, 5.74) is 2.10. The van der Waals surface area contributed by atoms with E-state index in [4.69, 9.17) is 4.42 Å². The van der Waals surface area contributed by atoms with Crippen LogP contribution in [-0.4, -0.2) is 44.6 Å². The van der Waals surface area contributed by atoms with Crippen molar-refractivity contribution in [3.05, 3.63) is 35.6 Å². The Morgan fingerprint density at radius 2 is 2.00 bits per heavy atom. The lowest BCUT2D eigenvalue weighted by Crippen LogP contribution is -2.38. The first-order valence-electron chi connectivity index (χ1n) is 8.25. The van der Waals surface area contributed by atoms with Gasteiger partial charge in [-0.15, -0.1) is 0 Å². The van der Waals surface area contributed by atoms with Crippen LogP contribution in [0.4, 0.5) is 0 Å². The topological polar surface area (TPSA) is 52.8 Å². The van der Waals surface area contributed by atoms with E-state index in [2.05, 4.69) is 54.5 Å². The van der Waals surface area contributed by atoms with Gasteiger partial charge in [0, 0.05) is 24.0 Å². The van der Waals surface area contributed by atoms with Crippen molar-refractivity contribution in [3.8, 4) is 0 Å². The average molecular weight is 316 g/mol. The summed E-state index contributed by atoms with van der Waals surface area (Å²) in [6.07, 6.45) is 1.08. The molecular weight excluding hydrogens is 288 g/mol. The summed E-state index contributed by atoms with van der Waals surface area (Å²) in [5, 5.41) is 7.82. The van der Waals surface area contributed by atoms with Crippen molar-refractivity contribution in [1.29, 1.82) is 0 Å². The molecule has 126 valence electrons. The minimum Gasteiger partial charge on any atom is -0.459 e. The van der Waals surface area contributed by atoms with Crippen LogP contribution in [0.5, 0.6) is 0 Å². The van der Waals surface area contributed by atoms with Crippen molar-refractivity contribution < 1.29 is 4.42 Å². The van der Waals surface area contributed by atoms with Crippen LogP contribution in [0.15, 0.2) is 33.7 Å². The molecule has 0 saturated heterocycles. The molecule has 0 amide bonds. The third kappa shape index (κ3) is 4.99. The molecule has 5 heteroatoms. The highest BCUT2D eigenvalue weighted by molar-refractivity contribution is 5.82. The lowest BCUT2D eigenvalue weighted by molar-refractivity contribution is 0.399. The van der Waals surface area contributed by atoms with Crippen molar-refractivity contribution in [2.75, 3.05) is 33.7 Å². The van der Waals surface area contributed by atoms with E-state index in [1.165, 1.54) is 10.9 Å². The molecule has 0 aliphatic carbocycles. The summed E-state index contributed by atoms with van der Waals surface area (Å²) in [6, 6.07) is 8.12.